The van der Waals surface area contributed by atoms with Crippen molar-refractivity contribution >= 4 is 0 Å². The van der Waals surface area contributed by atoms with Crippen LogP contribution in [-0.2, 0) is 6.42 Å². The standard InChI is InChI=1S/C12H14F4O2/c1-11(2,17)7-8-4-3-5-9(6-8)18-12(15,16)10(13)14/h3-6,10,17H,7H2,1-2H3. The van der Waals surface area contributed by atoms with Crippen molar-refractivity contribution in [3.05, 3.63) is 29.8 Å². The summed E-state index contributed by atoms with van der Waals surface area (Å²) in [6.07, 6.45) is -8.21. The Morgan fingerprint density at radius 1 is 1.28 bits per heavy atom. The highest BCUT2D eigenvalue weighted by molar-refractivity contribution is 5.29. The molecule has 1 rings (SSSR count). The van der Waals surface area contributed by atoms with E-state index >= 15 is 0 Å². The molecular weight excluding hydrogens is 252 g/mol. The lowest BCUT2D eigenvalue weighted by atomic mass is 9.99. The molecule has 1 aromatic rings. The molecule has 0 spiro atoms. The van der Waals surface area contributed by atoms with Gasteiger partial charge in [0.2, 0.25) is 0 Å². The van der Waals surface area contributed by atoms with Crippen LogP contribution >= 0.6 is 0 Å². The van der Waals surface area contributed by atoms with E-state index in [4.69, 9.17) is 0 Å². The van der Waals surface area contributed by atoms with Crippen molar-refractivity contribution in [2.24, 2.45) is 0 Å². The van der Waals surface area contributed by atoms with Gasteiger partial charge in [-0.1, -0.05) is 12.1 Å². The Hall–Kier alpha value is -1.30. The number of aliphatic hydroxyl groups is 1. The van der Waals surface area contributed by atoms with Crippen LogP contribution in [0.3, 0.4) is 0 Å². The largest absolute Gasteiger partial charge is 0.461 e. The fourth-order valence-corrected chi connectivity index (χ4v) is 1.42. The Morgan fingerprint density at radius 2 is 1.89 bits per heavy atom. The minimum absolute atomic E-state index is 0.199. The third kappa shape index (κ3) is 4.52. The summed E-state index contributed by atoms with van der Waals surface area (Å²) in [4.78, 5) is 0. The molecule has 0 aromatic heterocycles. The second-order valence-corrected chi connectivity index (χ2v) is 4.60. The van der Waals surface area contributed by atoms with Crippen LogP contribution in [0.1, 0.15) is 19.4 Å². The normalized spacial score (nSPS) is 12.9. The van der Waals surface area contributed by atoms with Crippen LogP contribution in [0.2, 0.25) is 0 Å². The Kier molecular flexibility index (Phi) is 4.21. The molecule has 0 unspecified atom stereocenters. The van der Waals surface area contributed by atoms with Crippen LogP contribution < -0.4 is 4.74 Å². The van der Waals surface area contributed by atoms with Crippen LogP contribution in [0.25, 0.3) is 0 Å². The summed E-state index contributed by atoms with van der Waals surface area (Å²) in [5, 5.41) is 9.57. The summed E-state index contributed by atoms with van der Waals surface area (Å²) in [7, 11) is 0. The summed E-state index contributed by atoms with van der Waals surface area (Å²) in [6, 6.07) is 5.35. The molecule has 6 heteroatoms. The zero-order valence-electron chi connectivity index (χ0n) is 9.96. The molecule has 0 aliphatic carbocycles. The highest BCUT2D eigenvalue weighted by atomic mass is 19.3. The fraction of sp³-hybridized carbons (Fsp3) is 0.500. The third-order valence-electron chi connectivity index (χ3n) is 2.04. The zero-order chi connectivity index (χ0) is 14.0. The maximum atomic E-state index is 12.7. The summed E-state index contributed by atoms with van der Waals surface area (Å²) in [5.41, 5.74) is -0.505. The molecule has 0 aliphatic heterocycles. The van der Waals surface area contributed by atoms with Crippen LogP contribution in [0.4, 0.5) is 17.6 Å². The van der Waals surface area contributed by atoms with Crippen molar-refractivity contribution in [3.8, 4) is 5.75 Å². The van der Waals surface area contributed by atoms with E-state index in [2.05, 4.69) is 4.74 Å². The average molecular weight is 266 g/mol. The van der Waals surface area contributed by atoms with Gasteiger partial charge in [0.25, 0.3) is 0 Å². The van der Waals surface area contributed by atoms with E-state index in [1.54, 1.807) is 19.9 Å². The maximum absolute atomic E-state index is 12.7. The number of ether oxygens (including phenoxy) is 1. The molecule has 0 fully saturated rings. The molecule has 0 amide bonds. The maximum Gasteiger partial charge on any atom is 0.461 e. The lowest BCUT2D eigenvalue weighted by Crippen LogP contribution is -2.33. The molecule has 0 saturated heterocycles. The molecular formula is C12H14F4O2. The molecule has 0 saturated carbocycles. The van der Waals surface area contributed by atoms with E-state index in [0.29, 0.717) is 5.56 Å². The van der Waals surface area contributed by atoms with Crippen molar-refractivity contribution in [2.75, 3.05) is 0 Å². The zero-order valence-corrected chi connectivity index (χ0v) is 9.96. The Bertz CT molecular complexity index is 399. The van der Waals surface area contributed by atoms with E-state index in [9.17, 15) is 22.7 Å². The molecule has 1 aromatic carbocycles. The Balaban J connectivity index is 2.83. The SMILES string of the molecule is CC(C)(O)Cc1cccc(OC(F)(F)C(F)F)c1. The van der Waals surface area contributed by atoms with Gasteiger partial charge in [-0.3, -0.25) is 0 Å². The number of halogens is 4. The molecule has 0 aliphatic rings. The molecule has 18 heavy (non-hydrogen) atoms. The van der Waals surface area contributed by atoms with E-state index in [1.807, 2.05) is 0 Å². The van der Waals surface area contributed by atoms with Crippen LogP contribution in [-0.4, -0.2) is 23.2 Å². The Morgan fingerprint density at radius 3 is 2.39 bits per heavy atom. The smallest absolute Gasteiger partial charge is 0.428 e. The first kappa shape index (κ1) is 14.8. The predicted octanol–water partition coefficient (Wildman–Crippen LogP) is 3.24. The van der Waals surface area contributed by atoms with E-state index in [-0.39, 0.29) is 12.2 Å². The first-order valence-electron chi connectivity index (χ1n) is 5.26. The lowest BCUT2D eigenvalue weighted by molar-refractivity contribution is -0.253. The van der Waals surface area contributed by atoms with Crippen molar-refractivity contribution < 1.29 is 27.4 Å². The molecule has 102 valence electrons. The van der Waals surface area contributed by atoms with Crippen molar-refractivity contribution in [3.63, 3.8) is 0 Å². The van der Waals surface area contributed by atoms with Gasteiger partial charge in [0.05, 0.1) is 5.60 Å². The second kappa shape index (κ2) is 5.14. The first-order valence-corrected chi connectivity index (χ1v) is 5.26. The predicted molar refractivity (Wildman–Crippen MR) is 58.0 cm³/mol. The first-order chi connectivity index (χ1) is 8.10. The van der Waals surface area contributed by atoms with Gasteiger partial charge < -0.3 is 9.84 Å². The van der Waals surface area contributed by atoms with Crippen molar-refractivity contribution in [2.45, 2.75) is 38.4 Å². The van der Waals surface area contributed by atoms with Gasteiger partial charge in [-0.2, -0.15) is 17.6 Å². The summed E-state index contributed by atoms with van der Waals surface area (Å²) in [6.45, 7) is 3.10. The van der Waals surface area contributed by atoms with E-state index in [0.717, 1.165) is 6.07 Å². The number of benzene rings is 1. The van der Waals surface area contributed by atoms with Gasteiger partial charge in [-0.25, -0.2) is 0 Å². The molecule has 2 nitrogen and oxygen atoms in total. The van der Waals surface area contributed by atoms with Gasteiger partial charge in [0.15, 0.2) is 0 Å². The monoisotopic (exact) mass is 266 g/mol. The molecule has 0 heterocycles. The molecule has 0 radical (unpaired) electrons. The highest BCUT2D eigenvalue weighted by Gasteiger charge is 2.43. The molecule has 0 bridgehead atoms. The average Bonchev–Trinajstić information content (AvgIpc) is 2.13. The summed E-state index contributed by atoms with van der Waals surface area (Å²) < 4.78 is 53.2. The summed E-state index contributed by atoms with van der Waals surface area (Å²) in [5.74, 6) is -0.359. The minimum Gasteiger partial charge on any atom is -0.428 e. The summed E-state index contributed by atoms with van der Waals surface area (Å²) >= 11 is 0. The van der Waals surface area contributed by atoms with Crippen LogP contribution in [0, 0.1) is 0 Å². The van der Waals surface area contributed by atoms with Gasteiger partial charge in [0, 0.05) is 6.42 Å². The molecule has 0 atom stereocenters. The van der Waals surface area contributed by atoms with Crippen LogP contribution in [0.5, 0.6) is 5.75 Å². The van der Waals surface area contributed by atoms with Gasteiger partial charge in [-0.15, -0.1) is 0 Å². The third-order valence-corrected chi connectivity index (χ3v) is 2.04. The number of alkyl halides is 4. The number of rotatable bonds is 5. The molecule has 1 N–H and O–H groups in total. The van der Waals surface area contributed by atoms with Gasteiger partial charge >= 0.3 is 12.5 Å². The van der Waals surface area contributed by atoms with E-state index in [1.165, 1.54) is 12.1 Å². The van der Waals surface area contributed by atoms with Crippen molar-refractivity contribution in [1.29, 1.82) is 0 Å². The topological polar surface area (TPSA) is 29.5 Å². The van der Waals surface area contributed by atoms with E-state index < -0.39 is 18.1 Å². The van der Waals surface area contributed by atoms with Crippen molar-refractivity contribution in [1.82, 2.24) is 0 Å². The second-order valence-electron chi connectivity index (χ2n) is 4.60. The number of hydrogen-bond acceptors (Lipinski definition) is 2. The van der Waals surface area contributed by atoms with Gasteiger partial charge in [-0.05, 0) is 31.5 Å². The Labute approximate surface area is 102 Å². The number of hydrogen-bond donors (Lipinski definition) is 1. The highest BCUT2D eigenvalue weighted by Crippen LogP contribution is 2.28. The lowest BCUT2D eigenvalue weighted by Gasteiger charge is -2.19. The minimum atomic E-state index is -4.52. The quantitative estimate of drug-likeness (QED) is 0.829. The fourth-order valence-electron chi connectivity index (χ4n) is 1.42. The van der Waals surface area contributed by atoms with Gasteiger partial charge in [0.1, 0.15) is 5.75 Å². The van der Waals surface area contributed by atoms with Crippen LogP contribution in [0.15, 0.2) is 24.3 Å².